The molecule has 3 aromatic rings. The van der Waals surface area contributed by atoms with E-state index in [0.717, 1.165) is 16.5 Å². The lowest BCUT2D eigenvalue weighted by Gasteiger charge is -2.16. The maximum absolute atomic E-state index is 11.2. The number of aliphatic hydroxyl groups is 1. The molecule has 0 aliphatic rings. The third-order valence-electron chi connectivity index (χ3n) is 4.52. The maximum Gasteiger partial charge on any atom is 0.271 e. The van der Waals surface area contributed by atoms with Crippen LogP contribution in [0.3, 0.4) is 0 Å². The van der Waals surface area contributed by atoms with Crippen molar-refractivity contribution in [1.29, 1.82) is 0 Å². The number of anilines is 1. The van der Waals surface area contributed by atoms with Crippen molar-refractivity contribution in [2.24, 2.45) is 0 Å². The molecule has 2 aromatic carbocycles. The zero-order valence-corrected chi connectivity index (χ0v) is 16.6. The fourth-order valence-corrected chi connectivity index (χ4v) is 3.15. The Hall–Kier alpha value is -3.17. The number of nitrogens with one attached hydrogen (secondary N) is 2. The summed E-state index contributed by atoms with van der Waals surface area (Å²) in [5.41, 5.74) is 1.93. The zero-order valence-electron chi connectivity index (χ0n) is 16.6. The van der Waals surface area contributed by atoms with Gasteiger partial charge >= 0.3 is 0 Å². The van der Waals surface area contributed by atoms with Crippen molar-refractivity contribution < 1.29 is 19.5 Å². The van der Waals surface area contributed by atoms with Gasteiger partial charge in [-0.2, -0.15) is 0 Å². The minimum absolute atomic E-state index is 0.0191. The van der Waals surface area contributed by atoms with E-state index in [9.17, 15) is 15.2 Å². The molecule has 9 nitrogen and oxygen atoms in total. The van der Waals surface area contributed by atoms with Crippen LogP contribution in [0, 0.1) is 10.1 Å². The number of nitro groups is 1. The number of pyridine rings is 1. The number of ether oxygens (including phenoxy) is 2. The predicted octanol–water partition coefficient (Wildman–Crippen LogP) is 2.70. The topological polar surface area (TPSA) is 119 Å². The summed E-state index contributed by atoms with van der Waals surface area (Å²) in [6.07, 6.45) is -0.421. The summed E-state index contributed by atoms with van der Waals surface area (Å²) in [5, 5.41) is 28.7. The fraction of sp³-hybridized carbons (Fsp3) is 0.350. The number of hydrogen-bond acceptors (Lipinski definition) is 8. The van der Waals surface area contributed by atoms with Crippen LogP contribution in [-0.2, 0) is 0 Å². The Kier molecular flexibility index (Phi) is 6.30. The van der Waals surface area contributed by atoms with E-state index in [2.05, 4.69) is 15.6 Å². The molecule has 1 heterocycles. The number of nitrogens with zero attached hydrogens (tertiary/aromatic N) is 2. The molecule has 9 heteroatoms. The van der Waals surface area contributed by atoms with Crippen molar-refractivity contribution >= 4 is 33.2 Å². The molecule has 0 aliphatic carbocycles. The first-order valence-electron chi connectivity index (χ1n) is 9.21. The highest BCUT2D eigenvalue weighted by Crippen LogP contribution is 2.38. The van der Waals surface area contributed by atoms with Gasteiger partial charge in [0.2, 0.25) is 0 Å². The van der Waals surface area contributed by atoms with Crippen LogP contribution in [0.2, 0.25) is 0 Å². The van der Waals surface area contributed by atoms with Gasteiger partial charge in [0.15, 0.2) is 11.5 Å². The summed E-state index contributed by atoms with van der Waals surface area (Å²) >= 11 is 0. The van der Waals surface area contributed by atoms with E-state index in [1.54, 1.807) is 33.3 Å². The van der Waals surface area contributed by atoms with E-state index >= 15 is 0 Å². The van der Waals surface area contributed by atoms with E-state index in [-0.39, 0.29) is 5.69 Å². The summed E-state index contributed by atoms with van der Waals surface area (Å²) < 4.78 is 10.8. The number of non-ortho nitro benzene ring substituents is 1. The normalized spacial score (nSPS) is 12.1. The Balaban J connectivity index is 2.09. The SMILES string of the molecule is COc1cc2nc3cc([N+](=O)[O-])ccc3c(NCCNC[C@H](C)O)c2cc1OC. The number of fused-ring (bicyclic) bond motifs is 2. The van der Waals surface area contributed by atoms with Gasteiger partial charge < -0.3 is 25.2 Å². The number of benzene rings is 2. The highest BCUT2D eigenvalue weighted by atomic mass is 16.6. The van der Waals surface area contributed by atoms with Gasteiger partial charge in [0.05, 0.1) is 42.0 Å². The Labute approximate surface area is 167 Å². The van der Waals surface area contributed by atoms with E-state index in [4.69, 9.17) is 9.47 Å². The Morgan fingerprint density at radius 1 is 1.10 bits per heavy atom. The van der Waals surface area contributed by atoms with Crippen LogP contribution in [0.25, 0.3) is 21.8 Å². The second kappa shape index (κ2) is 8.89. The second-order valence-corrected chi connectivity index (χ2v) is 6.65. The molecule has 154 valence electrons. The summed E-state index contributed by atoms with van der Waals surface area (Å²) in [4.78, 5) is 15.3. The van der Waals surface area contributed by atoms with Crippen LogP contribution in [0.5, 0.6) is 11.5 Å². The number of hydrogen-bond donors (Lipinski definition) is 3. The minimum atomic E-state index is -0.437. The van der Waals surface area contributed by atoms with Crippen LogP contribution in [0.1, 0.15) is 6.92 Å². The zero-order chi connectivity index (χ0) is 21.0. The molecule has 1 aromatic heterocycles. The molecule has 0 aliphatic heterocycles. The summed E-state index contributed by atoms with van der Waals surface area (Å²) in [6.45, 7) is 3.44. The Bertz CT molecular complexity index is 1040. The molecule has 0 unspecified atom stereocenters. The maximum atomic E-state index is 11.2. The van der Waals surface area contributed by atoms with Crippen molar-refractivity contribution in [3.8, 4) is 11.5 Å². The molecule has 3 rings (SSSR count). The molecule has 0 radical (unpaired) electrons. The molecule has 29 heavy (non-hydrogen) atoms. The molecular weight excluding hydrogens is 376 g/mol. The largest absolute Gasteiger partial charge is 0.493 e. The lowest BCUT2D eigenvalue weighted by Crippen LogP contribution is -2.29. The quantitative estimate of drug-likeness (QED) is 0.217. The Morgan fingerprint density at radius 3 is 2.45 bits per heavy atom. The van der Waals surface area contributed by atoms with Crippen molar-refractivity contribution in [1.82, 2.24) is 10.3 Å². The summed E-state index contributed by atoms with van der Waals surface area (Å²) in [5.74, 6) is 1.10. The van der Waals surface area contributed by atoms with Crippen LogP contribution in [0.4, 0.5) is 11.4 Å². The van der Waals surface area contributed by atoms with E-state index in [0.29, 0.717) is 42.2 Å². The highest BCUT2D eigenvalue weighted by molar-refractivity contribution is 6.08. The lowest BCUT2D eigenvalue weighted by atomic mass is 10.1. The molecule has 0 bridgehead atoms. The molecule has 3 N–H and O–H groups in total. The van der Waals surface area contributed by atoms with Gasteiger partial charge in [0, 0.05) is 48.6 Å². The lowest BCUT2D eigenvalue weighted by molar-refractivity contribution is -0.384. The summed E-state index contributed by atoms with van der Waals surface area (Å²) in [6, 6.07) is 8.22. The average molecular weight is 400 g/mol. The van der Waals surface area contributed by atoms with Crippen molar-refractivity contribution in [3.63, 3.8) is 0 Å². The number of rotatable bonds is 9. The van der Waals surface area contributed by atoms with Crippen molar-refractivity contribution in [2.75, 3.05) is 39.2 Å². The van der Waals surface area contributed by atoms with Crippen LogP contribution in [0.15, 0.2) is 30.3 Å². The number of aromatic nitrogens is 1. The molecule has 0 spiro atoms. The first-order valence-corrected chi connectivity index (χ1v) is 9.21. The molecule has 1 atom stereocenters. The van der Waals surface area contributed by atoms with E-state index in [1.807, 2.05) is 6.07 Å². The molecular formula is C20H24N4O5. The first-order chi connectivity index (χ1) is 13.9. The number of methoxy groups -OCH3 is 2. The number of aliphatic hydroxyl groups excluding tert-OH is 1. The molecule has 0 fully saturated rings. The third kappa shape index (κ3) is 4.47. The highest BCUT2D eigenvalue weighted by Gasteiger charge is 2.16. The van der Waals surface area contributed by atoms with Gasteiger partial charge in [-0.1, -0.05) is 0 Å². The fourth-order valence-electron chi connectivity index (χ4n) is 3.15. The molecule has 0 saturated heterocycles. The monoisotopic (exact) mass is 400 g/mol. The van der Waals surface area contributed by atoms with Crippen LogP contribution < -0.4 is 20.1 Å². The van der Waals surface area contributed by atoms with Gasteiger partial charge in [0.25, 0.3) is 5.69 Å². The molecule has 0 saturated carbocycles. The third-order valence-corrected chi connectivity index (χ3v) is 4.52. The standard InChI is InChI=1S/C20H24N4O5/c1-12(25)11-21-6-7-22-20-14-5-4-13(24(26)27)8-16(14)23-17-10-19(29-3)18(28-2)9-15(17)20/h4-5,8-10,12,21,25H,6-7,11H2,1-3H3,(H,22,23)/t12-/m0/s1. The van der Waals surface area contributed by atoms with Crippen molar-refractivity contribution in [3.05, 3.63) is 40.4 Å². The van der Waals surface area contributed by atoms with E-state index < -0.39 is 11.0 Å². The van der Waals surface area contributed by atoms with Gasteiger partial charge in [0.1, 0.15) is 0 Å². The van der Waals surface area contributed by atoms with Gasteiger partial charge in [-0.25, -0.2) is 4.98 Å². The minimum Gasteiger partial charge on any atom is -0.493 e. The second-order valence-electron chi connectivity index (χ2n) is 6.65. The molecule has 0 amide bonds. The predicted molar refractivity (Wildman–Crippen MR) is 112 cm³/mol. The smallest absolute Gasteiger partial charge is 0.271 e. The number of nitro benzene ring substituents is 1. The van der Waals surface area contributed by atoms with E-state index in [1.165, 1.54) is 12.1 Å². The first kappa shape index (κ1) is 20.6. The van der Waals surface area contributed by atoms with Crippen LogP contribution >= 0.6 is 0 Å². The Morgan fingerprint density at radius 2 is 1.79 bits per heavy atom. The van der Waals surface area contributed by atoms with Crippen LogP contribution in [-0.4, -0.2) is 55.0 Å². The average Bonchev–Trinajstić information content (AvgIpc) is 2.71. The van der Waals surface area contributed by atoms with Gasteiger partial charge in [-0.05, 0) is 19.1 Å². The van der Waals surface area contributed by atoms with Crippen molar-refractivity contribution in [2.45, 2.75) is 13.0 Å². The summed E-state index contributed by atoms with van der Waals surface area (Å²) in [7, 11) is 3.11. The van der Waals surface area contributed by atoms with Gasteiger partial charge in [-0.15, -0.1) is 0 Å². The van der Waals surface area contributed by atoms with Gasteiger partial charge in [-0.3, -0.25) is 10.1 Å².